The van der Waals surface area contributed by atoms with Gasteiger partial charge in [-0.2, -0.15) is 0 Å². The Kier molecular flexibility index (Phi) is 4.52. The zero-order valence-electron chi connectivity index (χ0n) is 15.1. The lowest BCUT2D eigenvalue weighted by Gasteiger charge is -2.40. The van der Waals surface area contributed by atoms with Crippen molar-refractivity contribution in [2.24, 2.45) is 4.99 Å². The first-order valence-corrected chi connectivity index (χ1v) is 9.33. The van der Waals surface area contributed by atoms with Gasteiger partial charge in [-0.05, 0) is 36.6 Å². The molecule has 0 spiro atoms. The molecular weight excluding hydrogens is 366 g/mol. The molecule has 27 heavy (non-hydrogen) atoms. The summed E-state index contributed by atoms with van der Waals surface area (Å²) in [7, 11) is 2.05. The molecule has 2 aromatic carbocycles. The highest BCUT2D eigenvalue weighted by Crippen LogP contribution is 2.43. The van der Waals surface area contributed by atoms with E-state index in [0.717, 1.165) is 17.7 Å². The van der Waals surface area contributed by atoms with E-state index in [0.29, 0.717) is 17.5 Å². The first-order chi connectivity index (χ1) is 13.0. The van der Waals surface area contributed by atoms with Gasteiger partial charge in [0.1, 0.15) is 0 Å². The lowest BCUT2D eigenvalue weighted by molar-refractivity contribution is -0.384. The molecule has 0 N–H and O–H groups in total. The number of likely N-dealkylation sites (N-methyl/N-ethyl adjacent to an activating group) is 1. The number of ether oxygens (including phenoxy) is 1. The molecular formula is C20H20ClN3O3. The van der Waals surface area contributed by atoms with Crippen LogP contribution in [0, 0.1) is 10.1 Å². The number of aliphatic imine (C=N–C) groups is 1. The maximum Gasteiger partial charge on any atom is 0.269 e. The van der Waals surface area contributed by atoms with E-state index in [2.05, 4.69) is 18.0 Å². The second-order valence-electron chi connectivity index (χ2n) is 6.87. The van der Waals surface area contributed by atoms with Gasteiger partial charge in [-0.15, -0.1) is 0 Å². The van der Waals surface area contributed by atoms with Crippen LogP contribution in [-0.4, -0.2) is 36.6 Å². The smallest absolute Gasteiger partial charge is 0.269 e. The minimum atomic E-state index is -0.385. The number of anilines is 1. The summed E-state index contributed by atoms with van der Waals surface area (Å²) in [5.41, 5.74) is 3.37. The third kappa shape index (κ3) is 3.04. The van der Waals surface area contributed by atoms with Crippen molar-refractivity contribution in [3.05, 3.63) is 68.7 Å². The molecule has 0 amide bonds. The van der Waals surface area contributed by atoms with Gasteiger partial charge in [-0.1, -0.05) is 29.8 Å². The van der Waals surface area contributed by atoms with E-state index in [1.165, 1.54) is 5.56 Å². The van der Waals surface area contributed by atoms with E-state index >= 15 is 0 Å². The molecule has 0 bridgehead atoms. The van der Waals surface area contributed by atoms with Crippen LogP contribution in [0.4, 0.5) is 11.4 Å². The molecule has 0 aromatic heterocycles. The van der Waals surface area contributed by atoms with Crippen LogP contribution in [0.1, 0.15) is 24.0 Å². The Morgan fingerprint density at radius 1 is 1.30 bits per heavy atom. The fourth-order valence-corrected chi connectivity index (χ4v) is 4.34. The number of rotatable bonds is 3. The summed E-state index contributed by atoms with van der Waals surface area (Å²) in [4.78, 5) is 17.7. The molecule has 0 fully saturated rings. The number of nitro benzene ring substituents is 1. The van der Waals surface area contributed by atoms with E-state index < -0.39 is 0 Å². The Bertz CT molecular complexity index is 913. The van der Waals surface area contributed by atoms with Gasteiger partial charge in [-0.3, -0.25) is 10.1 Å². The van der Waals surface area contributed by atoms with Gasteiger partial charge in [0.05, 0.1) is 29.5 Å². The number of fused-ring (bicyclic) bond motifs is 2. The van der Waals surface area contributed by atoms with Gasteiger partial charge in [0.25, 0.3) is 5.69 Å². The van der Waals surface area contributed by atoms with Gasteiger partial charge in [0.15, 0.2) is 5.90 Å². The number of hydrogen-bond donors (Lipinski definition) is 0. The van der Waals surface area contributed by atoms with Gasteiger partial charge in [-0.25, -0.2) is 4.99 Å². The molecule has 6 nitrogen and oxygen atoms in total. The largest absolute Gasteiger partial charge is 0.481 e. The van der Waals surface area contributed by atoms with E-state index in [4.69, 9.17) is 21.3 Å². The minimum absolute atomic E-state index is 0.0745. The van der Waals surface area contributed by atoms with Crippen LogP contribution < -0.4 is 4.90 Å². The number of nitrogens with zero attached hydrogens (tertiary/aromatic N) is 3. The molecule has 7 heteroatoms. The van der Waals surface area contributed by atoms with Crippen LogP contribution >= 0.6 is 11.6 Å². The third-order valence-electron chi connectivity index (χ3n) is 5.35. The van der Waals surface area contributed by atoms with Crippen LogP contribution in [0.2, 0.25) is 5.02 Å². The van der Waals surface area contributed by atoms with Gasteiger partial charge >= 0.3 is 0 Å². The average molecular weight is 386 g/mol. The molecule has 140 valence electrons. The van der Waals surface area contributed by atoms with E-state index in [1.54, 1.807) is 24.3 Å². The van der Waals surface area contributed by atoms with Crippen LogP contribution in [-0.2, 0) is 11.2 Å². The zero-order chi connectivity index (χ0) is 19.1. The summed E-state index contributed by atoms with van der Waals surface area (Å²) in [5, 5.41) is 11.7. The first-order valence-electron chi connectivity index (χ1n) is 8.95. The molecule has 2 aromatic rings. The first kappa shape index (κ1) is 17.8. The Morgan fingerprint density at radius 3 is 2.70 bits per heavy atom. The standard InChI is InChI=1S/C20H20ClN3O3/c1-3-27-20-18(12-5-8-15(9-6-12)24(25)26)19-16(22-20)10-13-4-7-14(21)11-17(13)23(19)2/h4-9,11,16,18-19H,3,10H2,1-2H3. The molecule has 2 aliphatic heterocycles. The van der Waals surface area contributed by atoms with Gasteiger partial charge < -0.3 is 9.64 Å². The average Bonchev–Trinajstić information content (AvgIpc) is 3.01. The highest BCUT2D eigenvalue weighted by Gasteiger charge is 2.46. The highest BCUT2D eigenvalue weighted by molar-refractivity contribution is 6.30. The Labute approximate surface area is 162 Å². The monoisotopic (exact) mass is 385 g/mol. The van der Waals surface area contributed by atoms with Crippen molar-refractivity contribution in [3.63, 3.8) is 0 Å². The molecule has 4 rings (SSSR count). The molecule has 0 saturated carbocycles. The van der Waals surface area contributed by atoms with Crippen LogP contribution in [0.25, 0.3) is 0 Å². The van der Waals surface area contributed by atoms with Crippen molar-refractivity contribution in [2.45, 2.75) is 31.3 Å². The molecule has 3 unspecified atom stereocenters. The summed E-state index contributed by atoms with van der Waals surface area (Å²) in [6.45, 7) is 2.47. The second kappa shape index (κ2) is 6.85. The van der Waals surface area contributed by atoms with E-state index in [9.17, 15) is 10.1 Å². The maximum atomic E-state index is 11.0. The maximum absolute atomic E-state index is 11.0. The molecule has 0 saturated heterocycles. The van der Waals surface area contributed by atoms with E-state index in [-0.39, 0.29) is 28.6 Å². The van der Waals surface area contributed by atoms with Gasteiger partial charge in [0.2, 0.25) is 0 Å². The summed E-state index contributed by atoms with van der Waals surface area (Å²) in [6.07, 6.45) is 0.821. The molecule has 2 aliphatic rings. The van der Waals surface area contributed by atoms with Crippen LogP contribution in [0.15, 0.2) is 47.5 Å². The quantitative estimate of drug-likeness (QED) is 0.586. The lowest BCUT2D eigenvalue weighted by atomic mass is 9.83. The highest BCUT2D eigenvalue weighted by atomic mass is 35.5. The predicted octanol–water partition coefficient (Wildman–Crippen LogP) is 4.21. The summed E-state index contributed by atoms with van der Waals surface area (Å²) in [5.74, 6) is 0.625. The van der Waals surface area contributed by atoms with Crippen molar-refractivity contribution in [1.29, 1.82) is 0 Å². The number of benzene rings is 2. The van der Waals surface area contributed by atoms with E-state index in [1.807, 2.05) is 19.1 Å². The van der Waals surface area contributed by atoms with Crippen LogP contribution in [0.3, 0.4) is 0 Å². The van der Waals surface area contributed by atoms with Crippen molar-refractivity contribution in [1.82, 2.24) is 0 Å². The number of halogens is 1. The molecule has 0 radical (unpaired) electrons. The normalized spacial score (nSPS) is 23.4. The predicted molar refractivity (Wildman–Crippen MR) is 106 cm³/mol. The Morgan fingerprint density at radius 2 is 2.04 bits per heavy atom. The lowest BCUT2D eigenvalue weighted by Crippen LogP contribution is -2.47. The number of non-ortho nitro benzene ring substituents is 1. The fraction of sp³-hybridized carbons (Fsp3) is 0.350. The van der Waals surface area contributed by atoms with Gasteiger partial charge in [0, 0.05) is 29.9 Å². The minimum Gasteiger partial charge on any atom is -0.481 e. The molecule has 0 aliphatic carbocycles. The Hall–Kier alpha value is -2.60. The Balaban J connectivity index is 1.75. The van der Waals surface area contributed by atoms with Crippen molar-refractivity contribution >= 4 is 28.9 Å². The number of nitro groups is 1. The summed E-state index contributed by atoms with van der Waals surface area (Å²) in [6, 6.07) is 12.8. The fourth-order valence-electron chi connectivity index (χ4n) is 4.18. The third-order valence-corrected chi connectivity index (χ3v) is 5.59. The van der Waals surface area contributed by atoms with Crippen molar-refractivity contribution in [3.8, 4) is 0 Å². The van der Waals surface area contributed by atoms with Crippen molar-refractivity contribution < 1.29 is 9.66 Å². The van der Waals surface area contributed by atoms with Crippen LogP contribution in [0.5, 0.6) is 0 Å². The topological polar surface area (TPSA) is 68.0 Å². The summed E-state index contributed by atoms with van der Waals surface area (Å²) >= 11 is 6.22. The van der Waals surface area contributed by atoms with Crippen molar-refractivity contribution in [2.75, 3.05) is 18.6 Å². The SMILES string of the molecule is CCOC1=NC2Cc3ccc(Cl)cc3N(C)C2C1c1ccc([N+](=O)[O-])cc1. The summed E-state index contributed by atoms with van der Waals surface area (Å²) < 4.78 is 5.87. The molecule has 3 atom stereocenters. The number of hydrogen-bond acceptors (Lipinski definition) is 5. The zero-order valence-corrected chi connectivity index (χ0v) is 15.9. The molecule has 2 heterocycles. The second-order valence-corrected chi connectivity index (χ2v) is 7.31.